The summed E-state index contributed by atoms with van der Waals surface area (Å²) in [7, 11) is 0. The lowest BCUT2D eigenvalue weighted by Gasteiger charge is -2.37. The second kappa shape index (κ2) is 13.2. The van der Waals surface area contributed by atoms with E-state index in [1.165, 1.54) is 17.8 Å². The average molecular weight is 597 g/mol. The highest BCUT2D eigenvalue weighted by Crippen LogP contribution is 2.25. The minimum absolute atomic E-state index is 0.130. The molecule has 0 saturated carbocycles. The Morgan fingerprint density at radius 3 is 2.13 bits per heavy atom. The molecule has 1 fully saturated rings. The van der Waals surface area contributed by atoms with Crippen LogP contribution in [-0.4, -0.2) is 60.9 Å². The van der Waals surface area contributed by atoms with Crippen molar-refractivity contribution in [2.75, 3.05) is 42.5 Å². The Morgan fingerprint density at radius 1 is 0.947 bits per heavy atom. The zero-order valence-corrected chi connectivity index (χ0v) is 21.7. The van der Waals surface area contributed by atoms with E-state index in [9.17, 15) is 22.4 Å². The molecule has 1 saturated heterocycles. The van der Waals surface area contributed by atoms with Gasteiger partial charge in [0.15, 0.2) is 0 Å². The van der Waals surface area contributed by atoms with Crippen molar-refractivity contribution in [2.45, 2.75) is 12.6 Å². The van der Waals surface area contributed by atoms with Crippen LogP contribution in [0.4, 0.5) is 28.9 Å². The predicted molar refractivity (Wildman–Crippen MR) is 139 cm³/mol. The van der Waals surface area contributed by atoms with Crippen molar-refractivity contribution in [3.05, 3.63) is 88.4 Å². The molecule has 0 unspecified atom stereocenters. The standard InChI is InChI=1S/C24H24BrFN4O.C2HF3O2/c25-20-15-19(24(31)28-9-4-18-2-1-3-21(26)14-18)16-23(17-20)30-12-10-29(11-13-30)22-5-7-27-8-6-22;3-2(4,5)1(6)7/h1-3,5-8,14-17H,4,9-13H2,(H,28,31);(H,6,7). The lowest BCUT2D eigenvalue weighted by molar-refractivity contribution is -0.192. The number of benzene rings is 2. The van der Waals surface area contributed by atoms with Crippen LogP contribution in [0.5, 0.6) is 0 Å². The number of halogens is 5. The molecule has 1 amide bonds. The summed E-state index contributed by atoms with van der Waals surface area (Å²) in [6.45, 7) is 4.02. The maximum atomic E-state index is 13.3. The van der Waals surface area contributed by atoms with Gasteiger partial charge in [-0.1, -0.05) is 28.1 Å². The van der Waals surface area contributed by atoms with Gasteiger partial charge in [0.25, 0.3) is 5.91 Å². The van der Waals surface area contributed by atoms with E-state index in [0.29, 0.717) is 18.5 Å². The number of nitrogens with one attached hydrogen (secondary N) is 1. The summed E-state index contributed by atoms with van der Waals surface area (Å²) >= 11 is 3.54. The van der Waals surface area contributed by atoms with Crippen LogP contribution in [0, 0.1) is 5.82 Å². The van der Waals surface area contributed by atoms with E-state index in [1.54, 1.807) is 6.07 Å². The first kappa shape index (κ1) is 28.9. The third-order valence-electron chi connectivity index (χ3n) is 5.65. The van der Waals surface area contributed by atoms with E-state index >= 15 is 0 Å². The van der Waals surface area contributed by atoms with Gasteiger partial charge in [-0.25, -0.2) is 9.18 Å². The number of rotatable bonds is 6. The molecule has 0 radical (unpaired) electrons. The molecule has 3 aromatic rings. The number of aromatic nitrogens is 1. The predicted octanol–water partition coefficient (Wildman–Crippen LogP) is 4.92. The summed E-state index contributed by atoms with van der Waals surface area (Å²) in [6, 6.07) is 16.3. The molecular formula is C26H25BrF4N4O3. The second-order valence-electron chi connectivity index (χ2n) is 8.32. The molecule has 202 valence electrons. The molecule has 0 spiro atoms. The van der Waals surface area contributed by atoms with Gasteiger partial charge in [0.05, 0.1) is 0 Å². The zero-order valence-electron chi connectivity index (χ0n) is 20.1. The summed E-state index contributed by atoms with van der Waals surface area (Å²) in [6.07, 6.45) is -0.869. The Labute approximate surface area is 225 Å². The monoisotopic (exact) mass is 596 g/mol. The fraction of sp³-hybridized carbons (Fsp3) is 0.269. The summed E-state index contributed by atoms with van der Waals surface area (Å²) in [4.78, 5) is 30.3. The van der Waals surface area contributed by atoms with Crippen LogP contribution in [0.2, 0.25) is 0 Å². The molecule has 1 aliphatic heterocycles. The molecule has 2 heterocycles. The quantitative estimate of drug-likeness (QED) is 0.393. The van der Waals surface area contributed by atoms with E-state index in [1.807, 2.05) is 48.8 Å². The molecule has 4 rings (SSSR count). The van der Waals surface area contributed by atoms with E-state index in [0.717, 1.165) is 41.9 Å². The van der Waals surface area contributed by atoms with Gasteiger partial charge in [0.2, 0.25) is 0 Å². The van der Waals surface area contributed by atoms with E-state index < -0.39 is 12.1 Å². The fourth-order valence-electron chi connectivity index (χ4n) is 3.78. The molecule has 0 aliphatic carbocycles. The van der Waals surface area contributed by atoms with Crippen LogP contribution in [0.1, 0.15) is 15.9 Å². The summed E-state index contributed by atoms with van der Waals surface area (Å²) in [5, 5.41) is 10.1. The van der Waals surface area contributed by atoms with Crippen LogP contribution in [0.25, 0.3) is 0 Å². The number of carbonyl (C=O) groups is 2. The highest BCUT2D eigenvalue weighted by atomic mass is 79.9. The first-order valence-electron chi connectivity index (χ1n) is 11.6. The normalized spacial score (nSPS) is 13.4. The number of anilines is 2. The number of hydrogen-bond acceptors (Lipinski definition) is 5. The van der Waals surface area contributed by atoms with Crippen molar-refractivity contribution in [3.63, 3.8) is 0 Å². The van der Waals surface area contributed by atoms with Crippen LogP contribution < -0.4 is 15.1 Å². The van der Waals surface area contributed by atoms with Gasteiger partial charge in [-0.2, -0.15) is 13.2 Å². The van der Waals surface area contributed by atoms with Crippen molar-refractivity contribution in [2.24, 2.45) is 0 Å². The van der Waals surface area contributed by atoms with Gasteiger partial charge < -0.3 is 20.2 Å². The Hall–Kier alpha value is -3.67. The summed E-state index contributed by atoms with van der Waals surface area (Å²) < 4.78 is 45.9. The molecule has 0 atom stereocenters. The Morgan fingerprint density at radius 2 is 1.55 bits per heavy atom. The number of carbonyl (C=O) groups excluding carboxylic acids is 1. The molecule has 1 aromatic heterocycles. The minimum atomic E-state index is -5.08. The average Bonchev–Trinajstić information content (AvgIpc) is 2.89. The number of carboxylic acids is 1. The zero-order chi connectivity index (χ0) is 27.7. The summed E-state index contributed by atoms with van der Waals surface area (Å²) in [5.41, 5.74) is 3.68. The number of alkyl halides is 3. The van der Waals surface area contributed by atoms with Crippen LogP contribution in [0.15, 0.2) is 71.5 Å². The largest absolute Gasteiger partial charge is 0.490 e. The molecular weight excluding hydrogens is 572 g/mol. The number of piperazine rings is 1. The second-order valence-corrected chi connectivity index (χ2v) is 9.23. The van der Waals surface area contributed by atoms with E-state index in [2.05, 4.69) is 36.0 Å². The highest BCUT2D eigenvalue weighted by molar-refractivity contribution is 9.10. The Balaban J connectivity index is 0.000000505. The van der Waals surface area contributed by atoms with Crippen LogP contribution in [0.3, 0.4) is 0 Å². The van der Waals surface area contributed by atoms with Crippen molar-refractivity contribution >= 4 is 39.2 Å². The molecule has 12 heteroatoms. The maximum Gasteiger partial charge on any atom is 0.490 e. The van der Waals surface area contributed by atoms with Crippen LogP contribution in [-0.2, 0) is 11.2 Å². The van der Waals surface area contributed by atoms with E-state index in [4.69, 9.17) is 9.90 Å². The Bertz CT molecular complexity index is 1240. The van der Waals surface area contributed by atoms with Gasteiger partial charge in [-0.05, 0) is 54.4 Å². The Kier molecular flexibility index (Phi) is 10.1. The van der Waals surface area contributed by atoms with Gasteiger partial charge >= 0.3 is 12.1 Å². The molecule has 2 N–H and O–H groups in total. The van der Waals surface area contributed by atoms with Crippen molar-refractivity contribution < 1.29 is 32.3 Å². The number of pyridine rings is 1. The van der Waals surface area contributed by atoms with E-state index in [-0.39, 0.29) is 11.7 Å². The van der Waals surface area contributed by atoms with Gasteiger partial charge in [0, 0.05) is 66.5 Å². The highest BCUT2D eigenvalue weighted by Gasteiger charge is 2.38. The summed E-state index contributed by atoms with van der Waals surface area (Å²) in [5.74, 6) is -3.15. The van der Waals surface area contributed by atoms with Gasteiger partial charge in [-0.15, -0.1) is 0 Å². The number of aliphatic carboxylic acids is 1. The molecule has 0 bridgehead atoms. The SMILES string of the molecule is O=C(NCCc1cccc(F)c1)c1cc(Br)cc(N2CCN(c3ccncc3)CC2)c1.O=C(O)C(F)(F)F. The minimum Gasteiger partial charge on any atom is -0.475 e. The molecule has 1 aliphatic rings. The topological polar surface area (TPSA) is 85.8 Å². The third kappa shape index (κ3) is 8.72. The number of hydrogen-bond donors (Lipinski definition) is 2. The van der Waals surface area contributed by atoms with Gasteiger partial charge in [-0.3, -0.25) is 9.78 Å². The number of nitrogens with zero attached hydrogens (tertiary/aromatic N) is 3. The van der Waals surface area contributed by atoms with Crippen molar-refractivity contribution in [3.8, 4) is 0 Å². The first-order chi connectivity index (χ1) is 18.0. The fourth-order valence-corrected chi connectivity index (χ4v) is 4.26. The number of carboxylic acid groups (broad SMARTS) is 1. The third-order valence-corrected chi connectivity index (χ3v) is 6.11. The van der Waals surface area contributed by atoms with Crippen molar-refractivity contribution in [1.29, 1.82) is 0 Å². The lowest BCUT2D eigenvalue weighted by Crippen LogP contribution is -2.46. The molecule has 7 nitrogen and oxygen atoms in total. The number of amides is 1. The molecule has 38 heavy (non-hydrogen) atoms. The van der Waals surface area contributed by atoms with Crippen molar-refractivity contribution in [1.82, 2.24) is 10.3 Å². The maximum absolute atomic E-state index is 13.3. The first-order valence-corrected chi connectivity index (χ1v) is 12.4. The molecule has 2 aromatic carbocycles. The van der Waals surface area contributed by atoms with Gasteiger partial charge in [0.1, 0.15) is 5.82 Å². The smallest absolute Gasteiger partial charge is 0.475 e. The lowest BCUT2D eigenvalue weighted by atomic mass is 10.1. The van der Waals surface area contributed by atoms with Crippen LogP contribution >= 0.6 is 15.9 Å².